The van der Waals surface area contributed by atoms with Gasteiger partial charge in [-0.1, -0.05) is 6.92 Å². The molecular formula is C13H18N4O2. The van der Waals surface area contributed by atoms with Gasteiger partial charge >= 0.3 is 0 Å². The van der Waals surface area contributed by atoms with Crippen molar-refractivity contribution in [2.24, 2.45) is 7.05 Å². The molecule has 0 saturated carbocycles. The molecule has 2 aromatic rings. The second kappa shape index (κ2) is 5.36. The van der Waals surface area contributed by atoms with E-state index in [0.717, 1.165) is 17.0 Å². The topological polar surface area (TPSA) is 73.1 Å². The third kappa shape index (κ3) is 2.44. The summed E-state index contributed by atoms with van der Waals surface area (Å²) in [7, 11) is 3.33. The van der Waals surface area contributed by atoms with Crippen molar-refractivity contribution in [2.45, 2.75) is 26.4 Å². The van der Waals surface area contributed by atoms with Gasteiger partial charge < -0.3 is 9.84 Å². The van der Waals surface area contributed by atoms with Gasteiger partial charge in [-0.15, -0.1) is 0 Å². The molecule has 0 aliphatic rings. The van der Waals surface area contributed by atoms with Crippen molar-refractivity contribution in [1.29, 1.82) is 0 Å². The highest BCUT2D eigenvalue weighted by Crippen LogP contribution is 2.30. The number of aliphatic hydroxyl groups excluding tert-OH is 1. The lowest BCUT2D eigenvalue weighted by Gasteiger charge is -2.16. The van der Waals surface area contributed by atoms with E-state index in [1.807, 2.05) is 19.9 Å². The Hall–Kier alpha value is -1.95. The van der Waals surface area contributed by atoms with Gasteiger partial charge in [-0.3, -0.25) is 4.68 Å². The molecule has 0 fully saturated rings. The molecule has 0 amide bonds. The van der Waals surface area contributed by atoms with Crippen molar-refractivity contribution in [3.63, 3.8) is 0 Å². The van der Waals surface area contributed by atoms with E-state index in [4.69, 9.17) is 4.74 Å². The number of nitrogens with zero attached hydrogens (tertiary/aromatic N) is 4. The van der Waals surface area contributed by atoms with Crippen LogP contribution in [-0.4, -0.2) is 32.2 Å². The van der Waals surface area contributed by atoms with Gasteiger partial charge in [0, 0.05) is 12.6 Å². The van der Waals surface area contributed by atoms with Crippen LogP contribution < -0.4 is 4.74 Å². The molecule has 0 aromatic carbocycles. The van der Waals surface area contributed by atoms with E-state index in [-0.39, 0.29) is 0 Å². The van der Waals surface area contributed by atoms with Crippen LogP contribution >= 0.6 is 0 Å². The SMILES string of the molecule is CCc1nnc(C)cc1C(O)c1c(OC)cnn1C. The van der Waals surface area contributed by atoms with E-state index in [1.165, 1.54) is 0 Å². The highest BCUT2D eigenvalue weighted by Gasteiger charge is 2.23. The molecular weight excluding hydrogens is 244 g/mol. The lowest BCUT2D eigenvalue weighted by molar-refractivity contribution is 0.202. The monoisotopic (exact) mass is 262 g/mol. The molecule has 19 heavy (non-hydrogen) atoms. The number of aromatic nitrogens is 4. The molecule has 0 spiro atoms. The lowest BCUT2D eigenvalue weighted by Crippen LogP contribution is -2.12. The van der Waals surface area contributed by atoms with Crippen LogP contribution in [-0.2, 0) is 13.5 Å². The summed E-state index contributed by atoms with van der Waals surface area (Å²) >= 11 is 0. The number of rotatable bonds is 4. The average Bonchev–Trinajstić information content (AvgIpc) is 2.79. The summed E-state index contributed by atoms with van der Waals surface area (Å²) < 4.78 is 6.84. The second-order valence-electron chi connectivity index (χ2n) is 4.37. The fourth-order valence-corrected chi connectivity index (χ4v) is 2.09. The molecule has 0 aliphatic heterocycles. The first-order valence-electron chi connectivity index (χ1n) is 6.15. The van der Waals surface area contributed by atoms with Gasteiger partial charge in [0.05, 0.1) is 24.7 Å². The van der Waals surface area contributed by atoms with Gasteiger partial charge in [0.25, 0.3) is 0 Å². The summed E-state index contributed by atoms with van der Waals surface area (Å²) in [6, 6.07) is 1.85. The zero-order chi connectivity index (χ0) is 14.0. The number of hydrogen-bond acceptors (Lipinski definition) is 5. The summed E-state index contributed by atoms with van der Waals surface area (Å²) in [4.78, 5) is 0. The first kappa shape index (κ1) is 13.5. The number of aryl methyl sites for hydroxylation is 3. The second-order valence-corrected chi connectivity index (χ2v) is 4.37. The molecule has 0 radical (unpaired) electrons. The zero-order valence-corrected chi connectivity index (χ0v) is 11.6. The Morgan fingerprint density at radius 3 is 2.79 bits per heavy atom. The van der Waals surface area contributed by atoms with Crippen LogP contribution in [0.25, 0.3) is 0 Å². The van der Waals surface area contributed by atoms with E-state index < -0.39 is 6.10 Å². The lowest BCUT2D eigenvalue weighted by atomic mass is 10.0. The van der Waals surface area contributed by atoms with Crippen LogP contribution in [0.3, 0.4) is 0 Å². The van der Waals surface area contributed by atoms with Crippen molar-refractivity contribution in [1.82, 2.24) is 20.0 Å². The van der Waals surface area contributed by atoms with Gasteiger partial charge in [-0.2, -0.15) is 15.3 Å². The van der Waals surface area contributed by atoms with E-state index >= 15 is 0 Å². The quantitative estimate of drug-likeness (QED) is 0.895. The predicted molar refractivity (Wildman–Crippen MR) is 70.0 cm³/mol. The molecule has 2 rings (SSSR count). The molecule has 2 heterocycles. The van der Waals surface area contributed by atoms with Gasteiger partial charge in [0.1, 0.15) is 11.8 Å². The van der Waals surface area contributed by atoms with Crippen LogP contribution in [0.2, 0.25) is 0 Å². The summed E-state index contributed by atoms with van der Waals surface area (Å²) in [5, 5.41) is 22.9. The highest BCUT2D eigenvalue weighted by molar-refractivity contribution is 5.36. The minimum atomic E-state index is -0.827. The number of methoxy groups -OCH3 is 1. The van der Waals surface area contributed by atoms with Crippen LogP contribution in [0.15, 0.2) is 12.3 Å². The summed E-state index contributed by atoms with van der Waals surface area (Å²) in [5.74, 6) is 0.562. The Morgan fingerprint density at radius 1 is 1.42 bits per heavy atom. The number of aliphatic hydroxyl groups is 1. The van der Waals surface area contributed by atoms with Gasteiger partial charge in [0.2, 0.25) is 0 Å². The predicted octanol–water partition coefficient (Wildman–Crippen LogP) is 1.17. The maximum Gasteiger partial charge on any atom is 0.162 e. The van der Waals surface area contributed by atoms with Crippen LogP contribution in [0.4, 0.5) is 0 Å². The van der Waals surface area contributed by atoms with E-state index in [0.29, 0.717) is 17.9 Å². The number of hydrogen-bond donors (Lipinski definition) is 1. The maximum absolute atomic E-state index is 10.6. The maximum atomic E-state index is 10.6. The summed E-state index contributed by atoms with van der Waals surface area (Å²) in [5.41, 5.74) is 2.91. The number of ether oxygens (including phenoxy) is 1. The summed E-state index contributed by atoms with van der Waals surface area (Å²) in [6.45, 7) is 3.83. The van der Waals surface area contributed by atoms with E-state index in [1.54, 1.807) is 25.0 Å². The molecule has 1 atom stereocenters. The van der Waals surface area contributed by atoms with Crippen molar-refractivity contribution < 1.29 is 9.84 Å². The molecule has 6 nitrogen and oxygen atoms in total. The van der Waals surface area contributed by atoms with Crippen LogP contribution in [0.1, 0.15) is 35.7 Å². The summed E-state index contributed by atoms with van der Waals surface area (Å²) in [6.07, 6.45) is 1.47. The Morgan fingerprint density at radius 2 is 2.16 bits per heavy atom. The normalized spacial score (nSPS) is 12.5. The third-order valence-electron chi connectivity index (χ3n) is 3.08. The van der Waals surface area contributed by atoms with Crippen molar-refractivity contribution in [2.75, 3.05) is 7.11 Å². The first-order chi connectivity index (χ1) is 9.08. The Kier molecular flexibility index (Phi) is 3.80. The first-order valence-corrected chi connectivity index (χ1v) is 6.15. The van der Waals surface area contributed by atoms with Gasteiger partial charge in [-0.25, -0.2) is 0 Å². The van der Waals surface area contributed by atoms with Crippen molar-refractivity contribution in [3.8, 4) is 5.75 Å². The minimum absolute atomic E-state index is 0.562. The molecule has 2 aromatic heterocycles. The molecule has 0 aliphatic carbocycles. The fourth-order valence-electron chi connectivity index (χ4n) is 2.09. The fraction of sp³-hybridized carbons (Fsp3) is 0.462. The minimum Gasteiger partial charge on any atom is -0.493 e. The standard InChI is InChI=1S/C13H18N4O2/c1-5-10-9(6-8(2)15-16-10)13(18)12-11(19-4)7-14-17(12)3/h6-7,13,18H,5H2,1-4H3. The Bertz CT molecular complexity index is 580. The van der Waals surface area contributed by atoms with Crippen molar-refractivity contribution in [3.05, 3.63) is 34.9 Å². The molecule has 0 bridgehead atoms. The Labute approximate surface area is 112 Å². The third-order valence-corrected chi connectivity index (χ3v) is 3.08. The molecule has 1 unspecified atom stereocenters. The van der Waals surface area contributed by atoms with Crippen LogP contribution in [0.5, 0.6) is 5.75 Å². The molecule has 6 heteroatoms. The smallest absolute Gasteiger partial charge is 0.162 e. The van der Waals surface area contributed by atoms with Gasteiger partial charge in [0.15, 0.2) is 5.75 Å². The zero-order valence-electron chi connectivity index (χ0n) is 11.6. The molecule has 102 valence electrons. The largest absolute Gasteiger partial charge is 0.493 e. The average molecular weight is 262 g/mol. The van der Waals surface area contributed by atoms with E-state index in [2.05, 4.69) is 15.3 Å². The van der Waals surface area contributed by atoms with E-state index in [9.17, 15) is 5.11 Å². The molecule has 1 N–H and O–H groups in total. The van der Waals surface area contributed by atoms with Gasteiger partial charge in [-0.05, 0) is 19.4 Å². The highest BCUT2D eigenvalue weighted by atomic mass is 16.5. The van der Waals surface area contributed by atoms with Crippen LogP contribution in [0, 0.1) is 6.92 Å². The Balaban J connectivity index is 2.51. The molecule has 0 saturated heterocycles. The van der Waals surface area contributed by atoms with Crippen molar-refractivity contribution >= 4 is 0 Å².